The Morgan fingerprint density at radius 3 is 1.00 bits per heavy atom. The zero-order chi connectivity index (χ0) is 0. The molecule has 3 radical (unpaired) electrons. The predicted octanol–water partition coefficient (Wildman–Crippen LogP) is -0.407. The van der Waals surface area contributed by atoms with Crippen LogP contribution in [0.25, 0.3) is 0 Å². The summed E-state index contributed by atoms with van der Waals surface area (Å²) < 4.78 is 0. The van der Waals surface area contributed by atoms with Crippen LogP contribution in [0.2, 0.25) is 0 Å². The lowest BCUT2D eigenvalue weighted by molar-refractivity contribution is 0.824. The van der Waals surface area contributed by atoms with Crippen LogP contribution >= 0.6 is 0 Å². The Labute approximate surface area is 37.2 Å². The summed E-state index contributed by atoms with van der Waals surface area (Å²) >= 11 is 0. The molecule has 0 atom stereocenters. The second-order valence-electron chi connectivity index (χ2n) is 0. The summed E-state index contributed by atoms with van der Waals surface area (Å²) in [5.74, 6) is 0. The molecule has 0 aliphatic rings. The minimum absolute atomic E-state index is 0. The molecule has 0 rings (SSSR count). The van der Waals surface area contributed by atoms with Crippen LogP contribution in [0.15, 0.2) is 0 Å². The lowest BCUT2D eigenvalue weighted by Crippen LogP contribution is -0.481. The van der Waals surface area contributed by atoms with Gasteiger partial charge in [-0.25, -0.2) is 0 Å². The van der Waals surface area contributed by atoms with Crippen LogP contribution in [-0.2, 0) is 0 Å². The van der Waals surface area contributed by atoms with Crippen molar-refractivity contribution < 1.29 is 5.48 Å². The third kappa shape index (κ3) is 25.3. The topological polar surface area (TPSA) is 66.5 Å². The van der Waals surface area contributed by atoms with E-state index < -0.39 is 0 Å². The molecule has 0 aromatic rings. The quantitative estimate of drug-likeness (QED) is 0.393. The Kier molecular flexibility index (Phi) is 6570. The maximum Gasteiger partial charge on any atom is 0 e. The minimum atomic E-state index is 0. The third-order valence-corrected chi connectivity index (χ3v) is 0. The molecule has 0 amide bonds. The average Bonchev–Trinajstić information content (AvgIpc) is 0. The van der Waals surface area contributed by atoms with Crippen molar-refractivity contribution in [2.75, 3.05) is 0 Å². The highest BCUT2D eigenvalue weighted by Gasteiger charge is 0.0000184. The van der Waals surface area contributed by atoms with Crippen molar-refractivity contribution in [3.05, 3.63) is 0 Å². The van der Waals surface area contributed by atoms with Crippen molar-refractivity contribution >= 4 is 17.4 Å². The first-order valence-electron chi connectivity index (χ1n) is 0. The molecular formula is CH9AlNO. The van der Waals surface area contributed by atoms with Gasteiger partial charge in [0.15, 0.2) is 0 Å². The van der Waals surface area contributed by atoms with E-state index in [1.807, 2.05) is 0 Å². The van der Waals surface area contributed by atoms with Crippen molar-refractivity contribution in [3.63, 3.8) is 0 Å². The average molecular weight is 78.1 g/mol. The molecule has 0 heterocycles. The molecule has 2 nitrogen and oxygen atoms in total. The molecule has 0 saturated heterocycles. The summed E-state index contributed by atoms with van der Waals surface area (Å²) in [6, 6.07) is 0. The van der Waals surface area contributed by atoms with E-state index in [1.54, 1.807) is 0 Å². The Morgan fingerprint density at radius 2 is 1.00 bits per heavy atom. The maximum atomic E-state index is 0. The van der Waals surface area contributed by atoms with Gasteiger partial charge in [0.1, 0.15) is 0 Å². The highest BCUT2D eigenvalue weighted by atomic mass is 27.0. The van der Waals surface area contributed by atoms with Crippen LogP contribution in [0.1, 0.15) is 7.43 Å². The van der Waals surface area contributed by atoms with E-state index in [4.69, 9.17) is 0 Å². The van der Waals surface area contributed by atoms with Crippen LogP contribution in [0.3, 0.4) is 0 Å². The molecule has 0 aliphatic carbocycles. The second kappa shape index (κ2) is 101. The van der Waals surface area contributed by atoms with Crippen LogP contribution in [0.4, 0.5) is 0 Å². The van der Waals surface area contributed by atoms with Gasteiger partial charge in [-0.3, -0.25) is 0 Å². The molecule has 0 fully saturated rings. The molecule has 0 aromatic heterocycles. The maximum absolute atomic E-state index is 0. The van der Waals surface area contributed by atoms with Gasteiger partial charge in [-0.15, -0.1) is 0 Å². The summed E-state index contributed by atoms with van der Waals surface area (Å²) in [6.45, 7) is 0. The molecule has 5 N–H and O–H groups in total. The fourth-order valence-corrected chi connectivity index (χ4v) is 0. The molecule has 4 heavy (non-hydrogen) atoms. The zero-order valence-electron chi connectivity index (χ0n) is 1.78. The first-order chi connectivity index (χ1) is 0. The Bertz CT molecular complexity index is 8.00. The lowest BCUT2D eigenvalue weighted by atomic mass is 12.0. The van der Waals surface area contributed by atoms with Crippen molar-refractivity contribution in [1.82, 2.24) is 6.15 Å². The standard InChI is InChI=1S/CH4.Al.H3N.H2O/h1H4;;1H3;1H2. The molecule has 0 bridgehead atoms. The first kappa shape index (κ1) is 259. The van der Waals surface area contributed by atoms with Crippen LogP contribution in [-0.4, -0.2) is 22.8 Å². The smallest absolute Gasteiger partial charge is 0 e. The normalized spacial score (nSPS) is 0. The Balaban J connectivity index is 0. The highest BCUT2D eigenvalue weighted by molar-refractivity contribution is 5.75. The molecule has 3 heteroatoms. The van der Waals surface area contributed by atoms with Gasteiger partial charge in [-0.05, 0) is 0 Å². The molecule has 0 aliphatic heterocycles. The fourth-order valence-electron chi connectivity index (χ4n) is 0. The number of hydrogen-bond acceptors (Lipinski definition) is 1. The van der Waals surface area contributed by atoms with Crippen LogP contribution in [0, 0.1) is 0 Å². The largest absolute Gasteiger partial charge is 0.412 e. The Morgan fingerprint density at radius 1 is 1.00 bits per heavy atom. The molecule has 0 aromatic carbocycles. The van der Waals surface area contributed by atoms with Gasteiger partial charge in [-0.2, -0.15) is 0 Å². The molecule has 27 valence electrons. The van der Waals surface area contributed by atoms with Gasteiger partial charge in [0.2, 0.25) is 0 Å². The monoisotopic (exact) mass is 78.0 g/mol. The van der Waals surface area contributed by atoms with Gasteiger partial charge in [0.25, 0.3) is 0 Å². The molecule has 0 saturated carbocycles. The molecular weight excluding hydrogens is 69.0 g/mol. The van der Waals surface area contributed by atoms with Crippen molar-refractivity contribution in [3.8, 4) is 0 Å². The predicted molar refractivity (Wildman–Crippen MR) is 21.1 cm³/mol. The summed E-state index contributed by atoms with van der Waals surface area (Å²) in [6.07, 6.45) is 0. The fraction of sp³-hybridized carbons (Fsp3) is 1.00. The van der Waals surface area contributed by atoms with Crippen LogP contribution in [0.5, 0.6) is 0 Å². The summed E-state index contributed by atoms with van der Waals surface area (Å²) in [5.41, 5.74) is 0. The number of rotatable bonds is 0. The Hall–Kier alpha value is 0.452. The zero-order valence-corrected chi connectivity index (χ0v) is 2.94. The van der Waals surface area contributed by atoms with E-state index in [0.29, 0.717) is 0 Å². The molecule has 0 spiro atoms. The van der Waals surface area contributed by atoms with Gasteiger partial charge in [-0.1, -0.05) is 7.43 Å². The third-order valence-electron chi connectivity index (χ3n) is 0. The van der Waals surface area contributed by atoms with E-state index in [1.165, 1.54) is 0 Å². The molecule has 0 unspecified atom stereocenters. The van der Waals surface area contributed by atoms with E-state index in [2.05, 4.69) is 0 Å². The van der Waals surface area contributed by atoms with Crippen LogP contribution < -0.4 is 6.15 Å². The van der Waals surface area contributed by atoms with Crippen molar-refractivity contribution in [2.24, 2.45) is 0 Å². The van der Waals surface area contributed by atoms with E-state index >= 15 is 0 Å². The summed E-state index contributed by atoms with van der Waals surface area (Å²) in [7, 11) is 0. The van der Waals surface area contributed by atoms with E-state index in [0.717, 1.165) is 0 Å². The van der Waals surface area contributed by atoms with Gasteiger partial charge in [0, 0.05) is 17.4 Å². The number of hydrogen-bond donors (Lipinski definition) is 1. The minimum Gasteiger partial charge on any atom is -0.412 e. The summed E-state index contributed by atoms with van der Waals surface area (Å²) in [5, 5.41) is 0. The lowest BCUT2D eigenvalue weighted by Gasteiger charge is -0.412. The van der Waals surface area contributed by atoms with Crippen molar-refractivity contribution in [2.45, 2.75) is 7.43 Å². The first-order valence-corrected chi connectivity index (χ1v) is 0. The second-order valence-corrected chi connectivity index (χ2v) is 0. The van der Waals surface area contributed by atoms with Gasteiger partial charge >= 0.3 is 0 Å². The highest BCUT2D eigenvalue weighted by Crippen LogP contribution is 0.144. The SMILES string of the molecule is C.N.O.[Al]. The van der Waals surface area contributed by atoms with Crippen molar-refractivity contribution in [1.29, 1.82) is 0 Å². The van der Waals surface area contributed by atoms with E-state index in [-0.39, 0.29) is 36.4 Å². The summed E-state index contributed by atoms with van der Waals surface area (Å²) in [4.78, 5) is 0. The van der Waals surface area contributed by atoms with Gasteiger partial charge in [0.05, 0.1) is 0 Å². The van der Waals surface area contributed by atoms with E-state index in [9.17, 15) is 0 Å². The van der Waals surface area contributed by atoms with Gasteiger partial charge < -0.3 is 11.6 Å².